The fraction of sp³-hybridized carbons (Fsp3) is 0.500. The van der Waals surface area contributed by atoms with Gasteiger partial charge in [-0.1, -0.05) is 6.07 Å². The maximum Gasteiger partial charge on any atom is 0.132 e. The molecule has 0 bridgehead atoms. The normalized spacial score (nSPS) is 20.1. The Morgan fingerprint density at radius 3 is 2.40 bits per heavy atom. The van der Waals surface area contributed by atoms with Gasteiger partial charge in [0.1, 0.15) is 11.6 Å². The Labute approximate surface area is 88.3 Å². The topological polar surface area (TPSA) is 26.0 Å². The van der Waals surface area contributed by atoms with E-state index in [4.69, 9.17) is 5.73 Å². The summed E-state index contributed by atoms with van der Waals surface area (Å²) in [5, 5.41) is 0. The summed E-state index contributed by atoms with van der Waals surface area (Å²) in [5.41, 5.74) is 6.29. The molecule has 82 valence electrons. The molecule has 0 heterocycles. The molecule has 1 aromatic rings. The monoisotopic (exact) mass is 211 g/mol. The van der Waals surface area contributed by atoms with Gasteiger partial charge in [-0.25, -0.2) is 8.78 Å². The second kappa shape index (κ2) is 3.27. The maximum atomic E-state index is 13.9. The van der Waals surface area contributed by atoms with E-state index in [0.717, 1.165) is 12.8 Å². The van der Waals surface area contributed by atoms with Crippen LogP contribution in [-0.4, -0.2) is 6.04 Å². The number of benzene rings is 1. The standard InChI is InChI=1S/C12H15F2N/c1-7-10(13)4-3-9(11(7)14)12(5-6-12)8(2)15/h3-4,8H,5-6,15H2,1-2H3. The summed E-state index contributed by atoms with van der Waals surface area (Å²) in [7, 11) is 0. The van der Waals surface area contributed by atoms with Gasteiger partial charge in [0.15, 0.2) is 0 Å². The van der Waals surface area contributed by atoms with Gasteiger partial charge in [-0.05, 0) is 38.3 Å². The fourth-order valence-electron chi connectivity index (χ4n) is 2.15. The molecule has 0 radical (unpaired) electrons. The van der Waals surface area contributed by atoms with Gasteiger partial charge in [-0.2, -0.15) is 0 Å². The van der Waals surface area contributed by atoms with E-state index in [-0.39, 0.29) is 17.0 Å². The van der Waals surface area contributed by atoms with Crippen LogP contribution in [-0.2, 0) is 5.41 Å². The summed E-state index contributed by atoms with van der Waals surface area (Å²) in [5.74, 6) is -0.915. The highest BCUT2D eigenvalue weighted by Gasteiger charge is 2.49. The van der Waals surface area contributed by atoms with Crippen LogP contribution >= 0.6 is 0 Å². The molecule has 3 heteroatoms. The summed E-state index contributed by atoms with van der Waals surface area (Å²) in [4.78, 5) is 0. The lowest BCUT2D eigenvalue weighted by atomic mass is 9.88. The Kier molecular flexibility index (Phi) is 2.30. The Morgan fingerprint density at radius 2 is 1.93 bits per heavy atom. The molecule has 1 unspecified atom stereocenters. The van der Waals surface area contributed by atoms with Crippen LogP contribution < -0.4 is 5.73 Å². The summed E-state index contributed by atoms with van der Waals surface area (Å²) in [6, 6.07) is 2.78. The average Bonchev–Trinajstić information content (AvgIpc) is 2.95. The zero-order valence-corrected chi connectivity index (χ0v) is 8.98. The smallest absolute Gasteiger partial charge is 0.132 e. The van der Waals surface area contributed by atoms with Crippen molar-refractivity contribution in [1.29, 1.82) is 0 Å². The van der Waals surface area contributed by atoms with Gasteiger partial charge >= 0.3 is 0 Å². The molecule has 0 spiro atoms. The summed E-state index contributed by atoms with van der Waals surface area (Å²) >= 11 is 0. The molecule has 0 aliphatic heterocycles. The van der Waals surface area contributed by atoms with Crippen LogP contribution in [0.5, 0.6) is 0 Å². The minimum Gasteiger partial charge on any atom is -0.327 e. The molecule has 1 atom stereocenters. The van der Waals surface area contributed by atoms with Crippen LogP contribution in [0.1, 0.15) is 30.9 Å². The number of halogens is 2. The maximum absolute atomic E-state index is 13.9. The van der Waals surface area contributed by atoms with Crippen molar-refractivity contribution < 1.29 is 8.78 Å². The third-order valence-electron chi connectivity index (χ3n) is 3.52. The van der Waals surface area contributed by atoms with Gasteiger partial charge in [0, 0.05) is 17.0 Å². The van der Waals surface area contributed by atoms with Gasteiger partial charge in [-0.15, -0.1) is 0 Å². The SMILES string of the molecule is Cc1c(F)ccc(C2(C(C)N)CC2)c1F. The number of hydrogen-bond acceptors (Lipinski definition) is 1. The minimum absolute atomic E-state index is 0.0862. The third-order valence-corrected chi connectivity index (χ3v) is 3.52. The molecule has 1 saturated carbocycles. The quantitative estimate of drug-likeness (QED) is 0.799. The van der Waals surface area contributed by atoms with Gasteiger partial charge in [0.2, 0.25) is 0 Å². The average molecular weight is 211 g/mol. The predicted octanol–water partition coefficient (Wildman–Crippen LogP) is 2.65. The van der Waals surface area contributed by atoms with Gasteiger partial charge in [-0.3, -0.25) is 0 Å². The second-order valence-corrected chi connectivity index (χ2v) is 4.48. The number of hydrogen-bond donors (Lipinski definition) is 1. The van der Waals surface area contributed by atoms with Crippen molar-refractivity contribution in [2.24, 2.45) is 5.73 Å². The van der Waals surface area contributed by atoms with Crippen LogP contribution in [0.25, 0.3) is 0 Å². The third kappa shape index (κ3) is 1.46. The molecule has 1 aromatic carbocycles. The molecule has 1 nitrogen and oxygen atoms in total. The van der Waals surface area contributed by atoms with Crippen LogP contribution in [0, 0.1) is 18.6 Å². The molecular weight excluding hydrogens is 196 g/mol. The van der Waals surface area contributed by atoms with Crippen LogP contribution in [0.4, 0.5) is 8.78 Å². The molecule has 1 aliphatic rings. The van der Waals surface area contributed by atoms with E-state index in [9.17, 15) is 8.78 Å². The van der Waals surface area contributed by atoms with Gasteiger partial charge < -0.3 is 5.73 Å². The molecular formula is C12H15F2N. The summed E-state index contributed by atoms with van der Waals surface area (Å²) < 4.78 is 27.0. The zero-order chi connectivity index (χ0) is 11.2. The molecule has 0 aromatic heterocycles. The van der Waals surface area contributed by atoms with E-state index in [0.29, 0.717) is 5.56 Å². The van der Waals surface area contributed by atoms with E-state index < -0.39 is 11.6 Å². The van der Waals surface area contributed by atoms with Crippen LogP contribution in [0.2, 0.25) is 0 Å². The van der Waals surface area contributed by atoms with Crippen molar-refractivity contribution >= 4 is 0 Å². The van der Waals surface area contributed by atoms with E-state index in [1.165, 1.54) is 19.1 Å². The first-order chi connectivity index (χ1) is 6.99. The lowest BCUT2D eigenvalue weighted by Crippen LogP contribution is -2.32. The lowest BCUT2D eigenvalue weighted by molar-refractivity contribution is 0.497. The first-order valence-electron chi connectivity index (χ1n) is 5.20. The minimum atomic E-state index is -0.489. The molecule has 0 saturated heterocycles. The molecule has 1 fully saturated rings. The van der Waals surface area contributed by atoms with Gasteiger partial charge in [0.05, 0.1) is 0 Å². The Hall–Kier alpha value is -0.960. The largest absolute Gasteiger partial charge is 0.327 e. The lowest BCUT2D eigenvalue weighted by Gasteiger charge is -2.21. The summed E-state index contributed by atoms with van der Waals surface area (Å²) in [6.07, 6.45) is 1.79. The summed E-state index contributed by atoms with van der Waals surface area (Å²) in [6.45, 7) is 3.34. The predicted molar refractivity (Wildman–Crippen MR) is 55.7 cm³/mol. The van der Waals surface area contributed by atoms with Crippen LogP contribution in [0.15, 0.2) is 12.1 Å². The highest BCUT2D eigenvalue weighted by atomic mass is 19.1. The van der Waals surface area contributed by atoms with Gasteiger partial charge in [0.25, 0.3) is 0 Å². The number of nitrogens with two attached hydrogens (primary N) is 1. The van der Waals surface area contributed by atoms with Crippen molar-refractivity contribution in [3.8, 4) is 0 Å². The van der Waals surface area contributed by atoms with Crippen molar-refractivity contribution in [2.75, 3.05) is 0 Å². The fourth-order valence-corrected chi connectivity index (χ4v) is 2.15. The highest BCUT2D eigenvalue weighted by molar-refractivity contribution is 5.38. The van der Waals surface area contributed by atoms with Crippen LogP contribution in [0.3, 0.4) is 0 Å². The van der Waals surface area contributed by atoms with Crippen molar-refractivity contribution in [3.05, 3.63) is 34.9 Å². The first kappa shape index (κ1) is 10.6. The first-order valence-corrected chi connectivity index (χ1v) is 5.20. The Balaban J connectivity index is 2.51. The van der Waals surface area contributed by atoms with Crippen molar-refractivity contribution in [3.63, 3.8) is 0 Å². The van der Waals surface area contributed by atoms with E-state index in [1.807, 2.05) is 6.92 Å². The zero-order valence-electron chi connectivity index (χ0n) is 8.98. The Morgan fingerprint density at radius 1 is 1.33 bits per heavy atom. The Bertz CT molecular complexity index is 395. The molecule has 0 amide bonds. The van der Waals surface area contributed by atoms with E-state index >= 15 is 0 Å². The van der Waals surface area contributed by atoms with Crippen molar-refractivity contribution in [1.82, 2.24) is 0 Å². The van der Waals surface area contributed by atoms with E-state index in [1.54, 1.807) is 0 Å². The van der Waals surface area contributed by atoms with Crippen molar-refractivity contribution in [2.45, 2.75) is 38.1 Å². The van der Waals surface area contributed by atoms with E-state index in [2.05, 4.69) is 0 Å². The molecule has 1 aliphatic carbocycles. The second-order valence-electron chi connectivity index (χ2n) is 4.48. The number of rotatable bonds is 2. The molecule has 15 heavy (non-hydrogen) atoms. The highest BCUT2D eigenvalue weighted by Crippen LogP contribution is 2.51. The molecule has 2 rings (SSSR count). The molecule has 2 N–H and O–H groups in total.